The summed E-state index contributed by atoms with van der Waals surface area (Å²) >= 11 is 0. The maximum absolute atomic E-state index is 8.96. The quantitative estimate of drug-likeness (QED) is 0.737. The highest BCUT2D eigenvalue weighted by atomic mass is 15.2. The van der Waals surface area contributed by atoms with Crippen molar-refractivity contribution in [1.29, 1.82) is 5.26 Å². The number of nitrogens with zero attached hydrogens (tertiary/aromatic N) is 3. The lowest BCUT2D eigenvalue weighted by Gasteiger charge is -2.21. The van der Waals surface area contributed by atoms with Gasteiger partial charge < -0.3 is 4.90 Å². The van der Waals surface area contributed by atoms with Crippen LogP contribution in [-0.4, -0.2) is 18.1 Å². The fourth-order valence-corrected chi connectivity index (χ4v) is 1.84. The second-order valence-electron chi connectivity index (χ2n) is 4.50. The van der Waals surface area contributed by atoms with Crippen molar-refractivity contribution in [3.8, 4) is 18.4 Å². The van der Waals surface area contributed by atoms with E-state index in [1.54, 1.807) is 6.07 Å². The van der Waals surface area contributed by atoms with E-state index in [1.165, 1.54) is 12.8 Å². The Labute approximate surface area is 102 Å². The summed E-state index contributed by atoms with van der Waals surface area (Å²) in [6.07, 6.45) is 7.94. The fourth-order valence-electron chi connectivity index (χ4n) is 1.84. The smallest absolute Gasteiger partial charge is 0.130 e. The summed E-state index contributed by atoms with van der Waals surface area (Å²) in [5, 5.41) is 8.96. The first-order valence-corrected chi connectivity index (χ1v) is 5.80. The summed E-state index contributed by atoms with van der Waals surface area (Å²) < 4.78 is 0. The van der Waals surface area contributed by atoms with Crippen LogP contribution in [0.15, 0.2) is 12.1 Å². The molecule has 0 aliphatic heterocycles. The van der Waals surface area contributed by atoms with Crippen molar-refractivity contribution in [2.75, 3.05) is 18.0 Å². The third-order valence-corrected chi connectivity index (χ3v) is 2.85. The van der Waals surface area contributed by atoms with Gasteiger partial charge in [-0.25, -0.2) is 4.98 Å². The van der Waals surface area contributed by atoms with Crippen molar-refractivity contribution in [3.05, 3.63) is 23.4 Å². The average Bonchev–Trinajstić information content (AvgIpc) is 3.11. The Kier molecular flexibility index (Phi) is 3.30. The number of aryl methyl sites for hydroxylation is 1. The molecule has 1 heterocycles. The second-order valence-corrected chi connectivity index (χ2v) is 4.50. The van der Waals surface area contributed by atoms with Crippen LogP contribution in [-0.2, 0) is 0 Å². The Hall–Kier alpha value is -2.00. The summed E-state index contributed by atoms with van der Waals surface area (Å²) in [6.45, 7) is 3.40. The standard InChI is InChI=1S/C14H15N3/c1-3-6-17(10-12-4-5-12)14-8-13(9-15)7-11(2)16-14/h1,7-8,12H,4-6,10H2,2H3. The van der Waals surface area contributed by atoms with Crippen molar-refractivity contribution >= 4 is 5.82 Å². The molecule has 17 heavy (non-hydrogen) atoms. The first-order valence-electron chi connectivity index (χ1n) is 5.80. The van der Waals surface area contributed by atoms with Gasteiger partial charge in [0.2, 0.25) is 0 Å². The van der Waals surface area contributed by atoms with E-state index in [0.717, 1.165) is 24.0 Å². The molecule has 1 aliphatic carbocycles. The molecule has 0 unspecified atom stereocenters. The zero-order valence-corrected chi connectivity index (χ0v) is 9.98. The molecule has 0 spiro atoms. The number of anilines is 1. The highest BCUT2D eigenvalue weighted by Gasteiger charge is 2.24. The maximum atomic E-state index is 8.96. The van der Waals surface area contributed by atoms with Crippen molar-refractivity contribution in [2.45, 2.75) is 19.8 Å². The molecule has 0 amide bonds. The minimum absolute atomic E-state index is 0.553. The Morgan fingerprint density at radius 2 is 2.29 bits per heavy atom. The summed E-state index contributed by atoms with van der Waals surface area (Å²) in [5.41, 5.74) is 1.50. The summed E-state index contributed by atoms with van der Waals surface area (Å²) in [6, 6.07) is 5.75. The molecule has 0 bridgehead atoms. The van der Waals surface area contributed by atoms with Gasteiger partial charge in [0.05, 0.1) is 18.2 Å². The fraction of sp³-hybridized carbons (Fsp3) is 0.429. The van der Waals surface area contributed by atoms with E-state index < -0.39 is 0 Å². The van der Waals surface area contributed by atoms with Gasteiger partial charge in [-0.2, -0.15) is 5.26 Å². The summed E-state index contributed by atoms with van der Waals surface area (Å²) in [4.78, 5) is 6.55. The van der Waals surface area contributed by atoms with Crippen LogP contribution >= 0.6 is 0 Å². The van der Waals surface area contributed by atoms with Gasteiger partial charge in [-0.05, 0) is 37.8 Å². The third kappa shape index (κ3) is 2.98. The van der Waals surface area contributed by atoms with E-state index in [4.69, 9.17) is 11.7 Å². The third-order valence-electron chi connectivity index (χ3n) is 2.85. The van der Waals surface area contributed by atoms with Gasteiger partial charge in [0.25, 0.3) is 0 Å². The largest absolute Gasteiger partial charge is 0.345 e. The first-order chi connectivity index (χ1) is 8.22. The number of pyridine rings is 1. The normalized spacial score (nSPS) is 13.8. The average molecular weight is 225 g/mol. The molecule has 0 atom stereocenters. The van der Waals surface area contributed by atoms with E-state index in [0.29, 0.717) is 12.1 Å². The molecule has 0 aromatic carbocycles. The van der Waals surface area contributed by atoms with Crippen LogP contribution in [0.4, 0.5) is 5.82 Å². The number of rotatable bonds is 4. The highest BCUT2D eigenvalue weighted by Crippen LogP contribution is 2.31. The molecule has 2 rings (SSSR count). The zero-order chi connectivity index (χ0) is 12.3. The maximum Gasteiger partial charge on any atom is 0.130 e. The predicted molar refractivity (Wildman–Crippen MR) is 67.5 cm³/mol. The van der Waals surface area contributed by atoms with Gasteiger partial charge in [-0.3, -0.25) is 0 Å². The van der Waals surface area contributed by atoms with Crippen molar-refractivity contribution in [3.63, 3.8) is 0 Å². The van der Waals surface area contributed by atoms with E-state index in [2.05, 4.69) is 21.9 Å². The first kappa shape index (κ1) is 11.5. The van der Waals surface area contributed by atoms with Gasteiger partial charge in [-0.15, -0.1) is 6.42 Å². The van der Waals surface area contributed by atoms with E-state index in [9.17, 15) is 0 Å². The molecule has 1 aromatic rings. The van der Waals surface area contributed by atoms with E-state index in [1.807, 2.05) is 13.0 Å². The SMILES string of the molecule is C#CCN(CC1CC1)c1cc(C#N)cc(C)n1. The molecule has 0 radical (unpaired) electrons. The minimum atomic E-state index is 0.553. The van der Waals surface area contributed by atoms with Crippen LogP contribution in [0.5, 0.6) is 0 Å². The molecule has 3 heteroatoms. The van der Waals surface area contributed by atoms with Gasteiger partial charge in [0.15, 0.2) is 0 Å². The Bertz CT molecular complexity index is 489. The lowest BCUT2D eigenvalue weighted by atomic mass is 10.2. The van der Waals surface area contributed by atoms with Gasteiger partial charge in [0.1, 0.15) is 5.82 Å². The van der Waals surface area contributed by atoms with Gasteiger partial charge >= 0.3 is 0 Å². The topological polar surface area (TPSA) is 39.9 Å². The monoisotopic (exact) mass is 225 g/mol. The minimum Gasteiger partial charge on any atom is -0.345 e. The van der Waals surface area contributed by atoms with Crippen LogP contribution in [0.3, 0.4) is 0 Å². The van der Waals surface area contributed by atoms with Crippen molar-refractivity contribution < 1.29 is 0 Å². The number of nitriles is 1. The predicted octanol–water partition coefficient (Wildman–Crippen LogP) is 2.11. The summed E-state index contributed by atoms with van der Waals surface area (Å²) in [7, 11) is 0. The zero-order valence-electron chi connectivity index (χ0n) is 9.98. The molecular formula is C14H15N3. The lowest BCUT2D eigenvalue weighted by Crippen LogP contribution is -2.27. The molecule has 1 aromatic heterocycles. The number of hydrogen-bond donors (Lipinski definition) is 0. The molecule has 1 aliphatic rings. The number of terminal acetylenes is 1. The van der Waals surface area contributed by atoms with Crippen LogP contribution in [0.2, 0.25) is 0 Å². The molecule has 1 saturated carbocycles. The molecule has 1 fully saturated rings. The molecular weight excluding hydrogens is 210 g/mol. The van der Waals surface area contributed by atoms with Crippen LogP contribution < -0.4 is 4.90 Å². The second kappa shape index (κ2) is 4.89. The van der Waals surface area contributed by atoms with E-state index in [-0.39, 0.29) is 0 Å². The van der Waals surface area contributed by atoms with Crippen molar-refractivity contribution in [1.82, 2.24) is 4.98 Å². The van der Waals surface area contributed by atoms with Crippen LogP contribution in [0, 0.1) is 36.5 Å². The van der Waals surface area contributed by atoms with Crippen LogP contribution in [0.25, 0.3) is 0 Å². The molecule has 86 valence electrons. The number of aromatic nitrogens is 1. The summed E-state index contributed by atoms with van der Waals surface area (Å²) in [5.74, 6) is 4.23. The van der Waals surface area contributed by atoms with Gasteiger partial charge in [0, 0.05) is 12.2 Å². The lowest BCUT2D eigenvalue weighted by molar-refractivity contribution is 0.753. The molecule has 3 nitrogen and oxygen atoms in total. The Morgan fingerprint density at radius 1 is 1.53 bits per heavy atom. The Balaban J connectivity index is 2.24. The molecule has 0 N–H and O–H groups in total. The van der Waals surface area contributed by atoms with Crippen LogP contribution in [0.1, 0.15) is 24.1 Å². The Morgan fingerprint density at radius 3 is 2.88 bits per heavy atom. The van der Waals surface area contributed by atoms with Crippen molar-refractivity contribution in [2.24, 2.45) is 5.92 Å². The molecule has 0 saturated heterocycles. The van der Waals surface area contributed by atoms with E-state index >= 15 is 0 Å². The van der Waals surface area contributed by atoms with Gasteiger partial charge in [-0.1, -0.05) is 5.92 Å². The highest BCUT2D eigenvalue weighted by molar-refractivity contribution is 5.47. The number of hydrogen-bond acceptors (Lipinski definition) is 3.